The van der Waals surface area contributed by atoms with Crippen LogP contribution in [0.25, 0.3) is 23.1 Å². The number of phenols is 1. The van der Waals surface area contributed by atoms with Gasteiger partial charge < -0.3 is 9.67 Å². The van der Waals surface area contributed by atoms with Crippen LogP contribution in [0.3, 0.4) is 0 Å². The summed E-state index contributed by atoms with van der Waals surface area (Å²) < 4.78 is 2.39. The van der Waals surface area contributed by atoms with E-state index in [9.17, 15) is 5.11 Å². The second kappa shape index (κ2) is 7.77. The molecule has 140 valence electrons. The van der Waals surface area contributed by atoms with E-state index in [4.69, 9.17) is 0 Å². The third-order valence-electron chi connectivity index (χ3n) is 5.10. The maximum Gasteiger partial charge on any atom is 0.116 e. The number of rotatable bonds is 5. The molecular formula is C26H25NO. The summed E-state index contributed by atoms with van der Waals surface area (Å²) in [6.07, 6.45) is 4.34. The van der Waals surface area contributed by atoms with Crippen LogP contribution in [0.4, 0.5) is 0 Å². The number of hydrogen-bond acceptors (Lipinski definition) is 1. The first-order valence-corrected chi connectivity index (χ1v) is 9.75. The summed E-state index contributed by atoms with van der Waals surface area (Å²) in [6, 6.07) is 26.6. The van der Waals surface area contributed by atoms with Crippen molar-refractivity contribution in [1.29, 1.82) is 0 Å². The first-order valence-electron chi connectivity index (χ1n) is 9.75. The van der Waals surface area contributed by atoms with E-state index in [2.05, 4.69) is 67.0 Å². The fourth-order valence-electron chi connectivity index (χ4n) is 3.87. The number of phenolic OH excluding ortho intramolecular Hbond substituents is 1. The molecule has 3 aromatic carbocycles. The van der Waals surface area contributed by atoms with Crippen LogP contribution in [-0.4, -0.2) is 9.67 Å². The van der Waals surface area contributed by atoms with Gasteiger partial charge in [0, 0.05) is 28.7 Å². The molecule has 0 aliphatic carbocycles. The van der Waals surface area contributed by atoms with Gasteiger partial charge in [-0.2, -0.15) is 0 Å². The maximum absolute atomic E-state index is 10.1. The van der Waals surface area contributed by atoms with Crippen molar-refractivity contribution in [1.82, 2.24) is 4.57 Å². The molecule has 0 spiro atoms. The molecule has 0 saturated carbocycles. The molecule has 1 heterocycles. The van der Waals surface area contributed by atoms with Crippen molar-refractivity contribution >= 4 is 23.1 Å². The highest BCUT2D eigenvalue weighted by Crippen LogP contribution is 2.35. The fourth-order valence-corrected chi connectivity index (χ4v) is 3.87. The van der Waals surface area contributed by atoms with Crippen LogP contribution in [0.5, 0.6) is 5.75 Å². The molecule has 0 aliphatic heterocycles. The quantitative estimate of drug-likeness (QED) is 0.418. The zero-order valence-corrected chi connectivity index (χ0v) is 16.3. The Kier molecular flexibility index (Phi) is 5.03. The second-order valence-corrected chi connectivity index (χ2v) is 7.47. The van der Waals surface area contributed by atoms with Gasteiger partial charge in [0.1, 0.15) is 5.75 Å². The van der Waals surface area contributed by atoms with Gasteiger partial charge in [-0.25, -0.2) is 0 Å². The predicted octanol–water partition coefficient (Wildman–Crippen LogP) is 6.69. The SMILES string of the molecule is CC(C)c1c(/C=C/c2ccccc2)c2cc(O)ccc2n1Cc1ccccc1. The van der Waals surface area contributed by atoms with Gasteiger partial charge in [0.15, 0.2) is 0 Å². The molecule has 4 aromatic rings. The van der Waals surface area contributed by atoms with Crippen LogP contribution in [-0.2, 0) is 6.54 Å². The third kappa shape index (κ3) is 3.59. The van der Waals surface area contributed by atoms with E-state index < -0.39 is 0 Å². The van der Waals surface area contributed by atoms with Gasteiger partial charge in [0.05, 0.1) is 0 Å². The zero-order valence-electron chi connectivity index (χ0n) is 16.3. The van der Waals surface area contributed by atoms with Gasteiger partial charge >= 0.3 is 0 Å². The standard InChI is InChI=1S/C26H25NO/c1-19(2)26-23(15-13-20-9-5-3-6-10-20)24-17-22(28)14-16-25(24)27(26)18-21-11-7-4-8-12-21/h3-17,19,28H,18H2,1-2H3/b15-13+. The number of hydrogen-bond donors (Lipinski definition) is 1. The molecule has 0 saturated heterocycles. The Morgan fingerprint density at radius 3 is 2.21 bits per heavy atom. The highest BCUT2D eigenvalue weighted by Gasteiger charge is 2.18. The van der Waals surface area contributed by atoms with Gasteiger partial charge in [-0.1, -0.05) is 86.7 Å². The fraction of sp³-hybridized carbons (Fsp3) is 0.154. The van der Waals surface area contributed by atoms with Crippen molar-refractivity contribution in [2.75, 3.05) is 0 Å². The van der Waals surface area contributed by atoms with Crippen LogP contribution >= 0.6 is 0 Å². The Morgan fingerprint density at radius 1 is 0.857 bits per heavy atom. The Bertz CT molecular complexity index is 1110. The highest BCUT2D eigenvalue weighted by molar-refractivity contribution is 5.95. The molecule has 0 fully saturated rings. The Labute approximate surface area is 166 Å². The van der Waals surface area contributed by atoms with Crippen LogP contribution in [0.15, 0.2) is 78.9 Å². The number of fused-ring (bicyclic) bond motifs is 1. The minimum absolute atomic E-state index is 0.300. The average molecular weight is 367 g/mol. The van der Waals surface area contributed by atoms with Crippen molar-refractivity contribution in [3.05, 3.63) is 101 Å². The number of aromatic hydroxyl groups is 1. The van der Waals surface area contributed by atoms with E-state index in [0.717, 1.165) is 17.4 Å². The van der Waals surface area contributed by atoms with Crippen molar-refractivity contribution in [3.8, 4) is 5.75 Å². The summed E-state index contributed by atoms with van der Waals surface area (Å²) in [4.78, 5) is 0. The Morgan fingerprint density at radius 2 is 1.54 bits per heavy atom. The molecular weight excluding hydrogens is 342 g/mol. The van der Waals surface area contributed by atoms with Crippen LogP contribution in [0.2, 0.25) is 0 Å². The van der Waals surface area contributed by atoms with E-state index in [-0.39, 0.29) is 0 Å². The number of benzene rings is 3. The van der Waals surface area contributed by atoms with Gasteiger partial charge in [-0.05, 0) is 35.2 Å². The maximum atomic E-state index is 10.1. The van der Waals surface area contributed by atoms with Crippen LogP contribution in [0.1, 0.15) is 42.1 Å². The van der Waals surface area contributed by atoms with Crippen molar-refractivity contribution in [2.24, 2.45) is 0 Å². The summed E-state index contributed by atoms with van der Waals surface area (Å²) in [7, 11) is 0. The van der Waals surface area contributed by atoms with E-state index in [1.54, 1.807) is 6.07 Å². The molecule has 0 atom stereocenters. The molecule has 4 rings (SSSR count). The minimum Gasteiger partial charge on any atom is -0.508 e. The Hall–Kier alpha value is -3.26. The van der Waals surface area contributed by atoms with Crippen LogP contribution in [0, 0.1) is 0 Å². The molecule has 1 N–H and O–H groups in total. The zero-order chi connectivity index (χ0) is 19.5. The topological polar surface area (TPSA) is 25.2 Å². The van der Waals surface area contributed by atoms with E-state index >= 15 is 0 Å². The van der Waals surface area contributed by atoms with Crippen LogP contribution < -0.4 is 0 Å². The largest absolute Gasteiger partial charge is 0.508 e. The second-order valence-electron chi connectivity index (χ2n) is 7.47. The normalized spacial score (nSPS) is 11.7. The average Bonchev–Trinajstić information content (AvgIpc) is 3.00. The summed E-state index contributed by atoms with van der Waals surface area (Å²) in [5.41, 5.74) is 6.06. The lowest BCUT2D eigenvalue weighted by atomic mass is 10.0. The predicted molar refractivity (Wildman–Crippen MR) is 119 cm³/mol. The lowest BCUT2D eigenvalue weighted by molar-refractivity contribution is 0.476. The highest BCUT2D eigenvalue weighted by atomic mass is 16.3. The van der Waals surface area contributed by atoms with Gasteiger partial charge in [0.25, 0.3) is 0 Å². The molecule has 1 aromatic heterocycles. The number of aromatic nitrogens is 1. The van der Waals surface area contributed by atoms with Gasteiger partial charge in [-0.15, -0.1) is 0 Å². The monoisotopic (exact) mass is 367 g/mol. The van der Waals surface area contributed by atoms with E-state index in [1.807, 2.05) is 36.4 Å². The molecule has 28 heavy (non-hydrogen) atoms. The summed E-state index contributed by atoms with van der Waals surface area (Å²) in [5.74, 6) is 0.655. The summed E-state index contributed by atoms with van der Waals surface area (Å²) >= 11 is 0. The molecule has 0 amide bonds. The first kappa shape index (κ1) is 18.1. The molecule has 2 heteroatoms. The third-order valence-corrected chi connectivity index (χ3v) is 5.10. The van der Waals surface area contributed by atoms with Gasteiger partial charge in [0.2, 0.25) is 0 Å². The molecule has 0 aliphatic rings. The smallest absolute Gasteiger partial charge is 0.116 e. The van der Waals surface area contributed by atoms with Gasteiger partial charge in [-0.3, -0.25) is 0 Å². The lowest BCUT2D eigenvalue weighted by Crippen LogP contribution is -2.06. The lowest BCUT2D eigenvalue weighted by Gasteiger charge is -2.15. The van der Waals surface area contributed by atoms with Crippen molar-refractivity contribution in [2.45, 2.75) is 26.3 Å². The summed E-state index contributed by atoms with van der Waals surface area (Å²) in [6.45, 7) is 5.28. The number of nitrogens with zero attached hydrogens (tertiary/aromatic N) is 1. The van der Waals surface area contributed by atoms with Crippen molar-refractivity contribution in [3.63, 3.8) is 0 Å². The Balaban J connectivity index is 1.91. The van der Waals surface area contributed by atoms with E-state index in [0.29, 0.717) is 11.7 Å². The van der Waals surface area contributed by atoms with Crippen molar-refractivity contribution < 1.29 is 5.11 Å². The molecule has 0 radical (unpaired) electrons. The molecule has 0 bridgehead atoms. The molecule has 0 unspecified atom stereocenters. The molecule has 2 nitrogen and oxygen atoms in total. The summed E-state index contributed by atoms with van der Waals surface area (Å²) in [5, 5.41) is 11.2. The first-order chi connectivity index (χ1) is 13.6. The van der Waals surface area contributed by atoms with E-state index in [1.165, 1.54) is 22.4 Å². The minimum atomic E-state index is 0.300.